The normalized spacial score (nSPS) is 10.9. The van der Waals surface area contributed by atoms with Crippen LogP contribution < -0.4 is 5.32 Å². The van der Waals surface area contributed by atoms with E-state index in [1.54, 1.807) is 12.4 Å². The summed E-state index contributed by atoms with van der Waals surface area (Å²) in [6.45, 7) is 0.392. The maximum Gasteiger partial charge on any atom is 0.490 e. The number of aromatic amines is 1. The average Bonchev–Trinajstić information content (AvgIpc) is 3.40. The third kappa shape index (κ3) is 5.26. The number of H-pyrrole nitrogens is 1. The van der Waals surface area contributed by atoms with E-state index in [0.717, 1.165) is 22.6 Å². The maximum absolute atomic E-state index is 12.6. The van der Waals surface area contributed by atoms with Gasteiger partial charge in [0.05, 0.1) is 34.7 Å². The first-order chi connectivity index (χ1) is 14.8. The SMILES string of the molecule is O=C(NCc1ccccn1)c1cc(-c2ccn[nH]2)n2ccccc12.O=C(O)C(F)(F)F. The number of nitrogens with one attached hydrogen (secondary N) is 2. The van der Waals surface area contributed by atoms with E-state index in [4.69, 9.17) is 9.90 Å². The summed E-state index contributed by atoms with van der Waals surface area (Å²) in [7, 11) is 0. The molecule has 1 amide bonds. The lowest BCUT2D eigenvalue weighted by atomic mass is 10.2. The molecule has 0 unspecified atom stereocenters. The Balaban J connectivity index is 0.000000339. The zero-order valence-corrected chi connectivity index (χ0v) is 15.8. The first-order valence-corrected chi connectivity index (χ1v) is 8.85. The predicted molar refractivity (Wildman–Crippen MR) is 104 cm³/mol. The Labute approximate surface area is 173 Å². The molecule has 0 saturated carbocycles. The fraction of sp³-hybridized carbons (Fsp3) is 0.100. The third-order valence-corrected chi connectivity index (χ3v) is 4.10. The van der Waals surface area contributed by atoms with Crippen molar-refractivity contribution < 1.29 is 27.9 Å². The second-order valence-corrected chi connectivity index (χ2v) is 6.18. The highest BCUT2D eigenvalue weighted by atomic mass is 19.4. The highest BCUT2D eigenvalue weighted by Crippen LogP contribution is 2.24. The molecule has 11 heteroatoms. The lowest BCUT2D eigenvalue weighted by Crippen LogP contribution is -2.23. The topological polar surface area (TPSA) is 112 Å². The molecule has 160 valence electrons. The maximum atomic E-state index is 12.6. The Kier molecular flexibility index (Phi) is 6.34. The number of alkyl halides is 3. The summed E-state index contributed by atoms with van der Waals surface area (Å²) in [5.41, 5.74) is 4.05. The van der Waals surface area contributed by atoms with Crippen molar-refractivity contribution in [3.05, 3.63) is 78.4 Å². The molecule has 0 aliphatic carbocycles. The number of carboxylic acids is 1. The standard InChI is InChI=1S/C18H15N5O.C2HF3O2/c24-18(20-12-13-5-1-3-8-19-13)14-11-17(15-7-9-21-22-15)23-10-4-2-6-16(14)23;3-2(4,5)1(6)7/h1-11H,12H2,(H,20,24)(H,21,22);(H,6,7). The summed E-state index contributed by atoms with van der Waals surface area (Å²) < 4.78 is 33.7. The van der Waals surface area contributed by atoms with E-state index in [0.29, 0.717) is 12.1 Å². The van der Waals surface area contributed by atoms with Crippen molar-refractivity contribution in [3.8, 4) is 11.4 Å². The summed E-state index contributed by atoms with van der Waals surface area (Å²) in [5.74, 6) is -2.89. The van der Waals surface area contributed by atoms with E-state index < -0.39 is 12.1 Å². The zero-order valence-electron chi connectivity index (χ0n) is 15.8. The Morgan fingerprint density at radius 2 is 1.84 bits per heavy atom. The summed E-state index contributed by atoms with van der Waals surface area (Å²) in [6, 6.07) is 15.2. The molecule has 0 fully saturated rings. The Hall–Kier alpha value is -4.15. The van der Waals surface area contributed by atoms with Crippen LogP contribution in [0.3, 0.4) is 0 Å². The number of carbonyl (C=O) groups is 2. The molecule has 0 atom stereocenters. The molecule has 0 saturated heterocycles. The summed E-state index contributed by atoms with van der Waals surface area (Å²) in [5, 5.41) is 17.0. The third-order valence-electron chi connectivity index (χ3n) is 4.10. The van der Waals surface area contributed by atoms with Crippen molar-refractivity contribution in [1.29, 1.82) is 0 Å². The van der Waals surface area contributed by atoms with Gasteiger partial charge < -0.3 is 14.8 Å². The molecule has 0 bridgehead atoms. The van der Waals surface area contributed by atoms with E-state index >= 15 is 0 Å². The van der Waals surface area contributed by atoms with E-state index in [9.17, 15) is 18.0 Å². The van der Waals surface area contributed by atoms with Crippen LogP contribution in [0.2, 0.25) is 0 Å². The summed E-state index contributed by atoms with van der Waals surface area (Å²) in [4.78, 5) is 25.8. The Bertz CT molecular complexity index is 1170. The van der Waals surface area contributed by atoms with E-state index in [1.807, 2.05) is 59.1 Å². The molecule has 3 N–H and O–H groups in total. The Morgan fingerprint density at radius 1 is 1.10 bits per heavy atom. The number of aliphatic carboxylic acids is 1. The highest BCUT2D eigenvalue weighted by Gasteiger charge is 2.38. The van der Waals surface area contributed by atoms with Gasteiger partial charge in [-0.2, -0.15) is 18.3 Å². The number of halogens is 3. The van der Waals surface area contributed by atoms with Crippen LogP contribution >= 0.6 is 0 Å². The number of hydrogen-bond donors (Lipinski definition) is 3. The quantitative estimate of drug-likeness (QED) is 0.459. The van der Waals surface area contributed by atoms with Crippen LogP contribution in [-0.2, 0) is 11.3 Å². The van der Waals surface area contributed by atoms with Crippen LogP contribution in [0.4, 0.5) is 13.2 Å². The fourth-order valence-electron chi connectivity index (χ4n) is 2.71. The van der Waals surface area contributed by atoms with Crippen LogP contribution in [0.1, 0.15) is 16.1 Å². The number of fused-ring (bicyclic) bond motifs is 1. The van der Waals surface area contributed by atoms with Crippen molar-refractivity contribution in [2.24, 2.45) is 0 Å². The lowest BCUT2D eigenvalue weighted by molar-refractivity contribution is -0.192. The van der Waals surface area contributed by atoms with Gasteiger partial charge in [0.1, 0.15) is 0 Å². The van der Waals surface area contributed by atoms with Crippen molar-refractivity contribution in [2.75, 3.05) is 0 Å². The molecule has 0 aliphatic rings. The van der Waals surface area contributed by atoms with E-state index in [2.05, 4.69) is 20.5 Å². The summed E-state index contributed by atoms with van der Waals surface area (Å²) >= 11 is 0. The molecule has 0 radical (unpaired) electrons. The van der Waals surface area contributed by atoms with Crippen LogP contribution in [-0.4, -0.2) is 42.7 Å². The van der Waals surface area contributed by atoms with Crippen molar-refractivity contribution in [1.82, 2.24) is 24.9 Å². The van der Waals surface area contributed by atoms with Gasteiger partial charge in [-0.05, 0) is 36.4 Å². The number of aromatic nitrogens is 4. The number of hydrogen-bond acceptors (Lipinski definition) is 4. The molecule has 4 aromatic rings. The molecule has 4 aromatic heterocycles. The van der Waals surface area contributed by atoms with Gasteiger partial charge in [0, 0.05) is 18.6 Å². The number of amides is 1. The number of carbonyl (C=O) groups excluding carboxylic acids is 1. The van der Waals surface area contributed by atoms with Crippen LogP contribution in [0.25, 0.3) is 16.9 Å². The monoisotopic (exact) mass is 431 g/mol. The summed E-state index contributed by atoms with van der Waals surface area (Å²) in [6.07, 6.45) is 0.255. The predicted octanol–water partition coefficient (Wildman–Crippen LogP) is 3.29. The minimum absolute atomic E-state index is 0.130. The van der Waals surface area contributed by atoms with E-state index in [1.165, 1.54) is 0 Å². The van der Waals surface area contributed by atoms with Gasteiger partial charge in [-0.25, -0.2) is 4.79 Å². The van der Waals surface area contributed by atoms with Crippen LogP contribution in [0.5, 0.6) is 0 Å². The fourth-order valence-corrected chi connectivity index (χ4v) is 2.71. The second kappa shape index (κ2) is 9.11. The van der Waals surface area contributed by atoms with Crippen molar-refractivity contribution >= 4 is 17.4 Å². The van der Waals surface area contributed by atoms with Gasteiger partial charge in [0.25, 0.3) is 5.91 Å². The number of rotatable bonds is 4. The molecule has 0 aromatic carbocycles. The Morgan fingerprint density at radius 3 is 2.45 bits per heavy atom. The van der Waals surface area contributed by atoms with E-state index in [-0.39, 0.29) is 5.91 Å². The van der Waals surface area contributed by atoms with Gasteiger partial charge in [-0.3, -0.25) is 14.9 Å². The molecule has 31 heavy (non-hydrogen) atoms. The number of nitrogens with zero attached hydrogens (tertiary/aromatic N) is 3. The molecular formula is C20H16F3N5O3. The van der Waals surface area contributed by atoms with Crippen LogP contribution in [0.15, 0.2) is 67.1 Å². The van der Waals surface area contributed by atoms with Gasteiger partial charge in [-0.1, -0.05) is 12.1 Å². The van der Waals surface area contributed by atoms with Crippen molar-refractivity contribution in [3.63, 3.8) is 0 Å². The number of carboxylic acid groups (broad SMARTS) is 1. The van der Waals surface area contributed by atoms with Gasteiger partial charge in [0.2, 0.25) is 0 Å². The van der Waals surface area contributed by atoms with Gasteiger partial charge >= 0.3 is 12.1 Å². The minimum atomic E-state index is -5.08. The van der Waals surface area contributed by atoms with Gasteiger partial charge in [-0.15, -0.1) is 0 Å². The zero-order chi connectivity index (χ0) is 22.4. The van der Waals surface area contributed by atoms with Gasteiger partial charge in [0.15, 0.2) is 0 Å². The second-order valence-electron chi connectivity index (χ2n) is 6.18. The van der Waals surface area contributed by atoms with Crippen LogP contribution in [0, 0.1) is 0 Å². The molecule has 8 nitrogen and oxygen atoms in total. The van der Waals surface area contributed by atoms with Crippen molar-refractivity contribution in [2.45, 2.75) is 12.7 Å². The molecule has 4 heterocycles. The first-order valence-electron chi connectivity index (χ1n) is 8.85. The minimum Gasteiger partial charge on any atom is -0.475 e. The average molecular weight is 431 g/mol. The molecule has 0 aliphatic heterocycles. The highest BCUT2D eigenvalue weighted by molar-refractivity contribution is 6.02. The lowest BCUT2D eigenvalue weighted by Gasteiger charge is -2.04. The molecular weight excluding hydrogens is 415 g/mol. The number of pyridine rings is 2. The smallest absolute Gasteiger partial charge is 0.475 e. The first kappa shape index (κ1) is 21.6. The molecule has 4 rings (SSSR count). The largest absolute Gasteiger partial charge is 0.490 e. The molecule has 0 spiro atoms.